The lowest BCUT2D eigenvalue weighted by Gasteiger charge is -2.33. The molecule has 0 spiro atoms. The fourth-order valence-corrected chi connectivity index (χ4v) is 6.42. The van der Waals surface area contributed by atoms with E-state index in [2.05, 4.69) is 58.5 Å². The number of ether oxygens (including phenoxy) is 1. The third-order valence-electron chi connectivity index (χ3n) is 8.70. The number of hydrogen-bond acceptors (Lipinski definition) is 6. The summed E-state index contributed by atoms with van der Waals surface area (Å²) in [5.74, 6) is -0.189. The molecule has 2 aliphatic rings. The number of amides is 1. The minimum atomic E-state index is -0.801. The summed E-state index contributed by atoms with van der Waals surface area (Å²) in [6, 6.07) is 19.8. The van der Waals surface area contributed by atoms with Gasteiger partial charge in [0.2, 0.25) is 0 Å². The Balaban J connectivity index is 1.23. The smallest absolute Gasteiger partial charge is 0.320 e. The van der Waals surface area contributed by atoms with Crippen molar-refractivity contribution >= 4 is 5.91 Å². The van der Waals surface area contributed by atoms with Crippen LogP contribution in [0.5, 0.6) is 0 Å². The zero-order valence-electron chi connectivity index (χ0n) is 24.4. The van der Waals surface area contributed by atoms with Crippen LogP contribution in [-0.2, 0) is 37.0 Å². The summed E-state index contributed by atoms with van der Waals surface area (Å²) in [4.78, 5) is 30.6. The number of aryl methyl sites for hydroxylation is 2. The van der Waals surface area contributed by atoms with Crippen LogP contribution < -0.4 is 0 Å². The van der Waals surface area contributed by atoms with Crippen LogP contribution in [-0.4, -0.2) is 51.4 Å². The summed E-state index contributed by atoms with van der Waals surface area (Å²) in [5.41, 5.74) is 9.65. The van der Waals surface area contributed by atoms with E-state index in [4.69, 9.17) is 9.72 Å². The summed E-state index contributed by atoms with van der Waals surface area (Å²) < 4.78 is 7.29. The molecular weight excluding hydrogens is 526 g/mol. The van der Waals surface area contributed by atoms with E-state index in [1.807, 2.05) is 25.1 Å². The third kappa shape index (κ3) is 5.69. The van der Waals surface area contributed by atoms with Crippen molar-refractivity contribution in [2.45, 2.75) is 65.0 Å². The highest BCUT2D eigenvalue weighted by Gasteiger charge is 2.26. The first-order valence-electron chi connectivity index (χ1n) is 15.0. The molecule has 0 radical (unpaired) electrons. The number of benzene rings is 2. The van der Waals surface area contributed by atoms with Gasteiger partial charge in [-0.2, -0.15) is 5.10 Å². The van der Waals surface area contributed by atoms with Crippen molar-refractivity contribution in [2.75, 3.05) is 19.8 Å². The molecule has 216 valence electrons. The van der Waals surface area contributed by atoms with Crippen molar-refractivity contribution in [3.8, 4) is 17.1 Å². The average Bonchev–Trinajstić information content (AvgIpc) is 3.71. The second-order valence-corrected chi connectivity index (χ2v) is 11.4. The molecule has 4 aromatic rings. The van der Waals surface area contributed by atoms with Gasteiger partial charge in [0.25, 0.3) is 0 Å². The van der Waals surface area contributed by atoms with E-state index in [-0.39, 0.29) is 5.56 Å². The molecule has 6 rings (SSSR count). The van der Waals surface area contributed by atoms with Crippen molar-refractivity contribution < 1.29 is 9.53 Å². The monoisotopic (exact) mass is 563 g/mol. The predicted octanol–water partition coefficient (Wildman–Crippen LogP) is 6.03. The van der Waals surface area contributed by atoms with Gasteiger partial charge in [-0.15, -0.1) is 4.91 Å². The average molecular weight is 564 g/mol. The molecule has 0 aliphatic carbocycles. The minimum absolute atomic E-state index is 0.237. The molecule has 4 heterocycles. The minimum Gasteiger partial charge on any atom is -0.380 e. The van der Waals surface area contributed by atoms with Gasteiger partial charge in [-0.1, -0.05) is 55.8 Å². The molecule has 0 bridgehead atoms. The van der Waals surface area contributed by atoms with Gasteiger partial charge in [-0.3, -0.25) is 9.69 Å². The number of nitroso groups, excluding NO2 is 1. The molecule has 42 heavy (non-hydrogen) atoms. The number of fused-ring (bicyclic) bond motifs is 1. The second-order valence-electron chi connectivity index (χ2n) is 11.4. The predicted molar refractivity (Wildman–Crippen MR) is 163 cm³/mol. The molecule has 2 aromatic carbocycles. The molecule has 2 aromatic heterocycles. The van der Waals surface area contributed by atoms with Crippen LogP contribution in [0.1, 0.15) is 63.6 Å². The number of pyridine rings is 1. The normalized spacial score (nSPS) is 16.9. The molecule has 0 N–H and O–H groups in total. The lowest BCUT2D eigenvalue weighted by atomic mass is 9.91. The van der Waals surface area contributed by atoms with E-state index in [9.17, 15) is 9.70 Å². The highest BCUT2D eigenvalue weighted by molar-refractivity contribution is 5.95. The zero-order valence-corrected chi connectivity index (χ0v) is 24.4. The molecule has 2 aliphatic heterocycles. The molecule has 1 atom stereocenters. The van der Waals surface area contributed by atoms with E-state index in [0.717, 1.165) is 69.7 Å². The quantitative estimate of drug-likeness (QED) is 0.231. The van der Waals surface area contributed by atoms with Gasteiger partial charge in [0, 0.05) is 36.5 Å². The van der Waals surface area contributed by atoms with E-state index in [1.165, 1.54) is 34.0 Å². The molecule has 0 unspecified atom stereocenters. The Labute approximate surface area is 246 Å². The molecule has 8 nitrogen and oxygen atoms in total. The molecule has 0 saturated carbocycles. The molecule has 1 fully saturated rings. The van der Waals surface area contributed by atoms with Gasteiger partial charge in [-0.25, -0.2) is 9.67 Å². The summed E-state index contributed by atoms with van der Waals surface area (Å²) >= 11 is 0. The largest absolute Gasteiger partial charge is 0.380 e. The number of aromatic nitrogens is 3. The van der Waals surface area contributed by atoms with Gasteiger partial charge < -0.3 is 4.74 Å². The molecule has 8 heteroatoms. The summed E-state index contributed by atoms with van der Waals surface area (Å²) in [5, 5.41) is 7.03. The van der Waals surface area contributed by atoms with Crippen LogP contribution in [0.25, 0.3) is 17.1 Å². The standard InChI is InChI=1S/C34H37N5O3/c1-3-6-32-30(34(40)37-41)20-35-39(32)33-10-5-9-31(36-33)29-8-4-7-23(2)28(29)14-12-24-11-13-26-21-38(17-15-25(26)19-24)27-16-18-42-22-27/h4-5,7-11,13,19-20,27H,3,6,12,14-18,21-22H2,1-2H3/t27-/m1/s1. The number of hydrogen-bond donors (Lipinski definition) is 0. The van der Waals surface area contributed by atoms with E-state index < -0.39 is 5.91 Å². The Hall–Kier alpha value is -4.01. The van der Waals surface area contributed by atoms with E-state index in [1.54, 1.807) is 4.68 Å². The maximum atomic E-state index is 12.1. The Bertz CT molecular complexity index is 1600. The van der Waals surface area contributed by atoms with Gasteiger partial charge in [-0.05, 0) is 79.0 Å². The first-order valence-corrected chi connectivity index (χ1v) is 15.0. The maximum Gasteiger partial charge on any atom is 0.320 e. The van der Waals surface area contributed by atoms with Crippen molar-refractivity contribution in [1.82, 2.24) is 19.7 Å². The van der Waals surface area contributed by atoms with Crippen LogP contribution in [0.3, 0.4) is 0 Å². The van der Waals surface area contributed by atoms with Gasteiger partial charge >= 0.3 is 5.91 Å². The number of rotatable bonds is 9. The summed E-state index contributed by atoms with van der Waals surface area (Å²) in [6.07, 6.45) is 6.90. The lowest BCUT2D eigenvalue weighted by Crippen LogP contribution is -2.39. The number of carbonyl (C=O) groups is 1. The fraction of sp³-hybridized carbons (Fsp3) is 0.382. The maximum absolute atomic E-state index is 12.1. The summed E-state index contributed by atoms with van der Waals surface area (Å²) in [7, 11) is 0. The van der Waals surface area contributed by atoms with Crippen LogP contribution in [0.2, 0.25) is 0 Å². The Morgan fingerprint density at radius 1 is 1.07 bits per heavy atom. The zero-order chi connectivity index (χ0) is 29.1. The van der Waals surface area contributed by atoms with Crippen molar-refractivity contribution in [3.63, 3.8) is 0 Å². The van der Waals surface area contributed by atoms with Crippen LogP contribution in [0.4, 0.5) is 0 Å². The van der Waals surface area contributed by atoms with Crippen LogP contribution >= 0.6 is 0 Å². The lowest BCUT2D eigenvalue weighted by molar-refractivity contribution is 0.1000. The first kappa shape index (κ1) is 28.1. The number of nitrogens with zero attached hydrogens (tertiary/aromatic N) is 5. The van der Waals surface area contributed by atoms with E-state index in [0.29, 0.717) is 24.0 Å². The first-order chi connectivity index (χ1) is 20.6. The van der Waals surface area contributed by atoms with Crippen molar-refractivity contribution in [3.05, 3.63) is 105 Å². The third-order valence-corrected chi connectivity index (χ3v) is 8.70. The number of carbonyl (C=O) groups excluding carboxylic acids is 1. The van der Waals surface area contributed by atoms with E-state index >= 15 is 0 Å². The van der Waals surface area contributed by atoms with Crippen LogP contribution in [0, 0.1) is 11.8 Å². The van der Waals surface area contributed by atoms with Gasteiger partial charge in [0.1, 0.15) is 0 Å². The van der Waals surface area contributed by atoms with Crippen molar-refractivity contribution in [1.29, 1.82) is 0 Å². The molecule has 1 saturated heterocycles. The Morgan fingerprint density at radius 2 is 1.95 bits per heavy atom. The summed E-state index contributed by atoms with van der Waals surface area (Å²) in [6.45, 7) is 8.05. The Kier molecular flexibility index (Phi) is 8.35. The fourth-order valence-electron chi connectivity index (χ4n) is 6.42. The highest BCUT2D eigenvalue weighted by atomic mass is 16.5. The topological polar surface area (TPSA) is 89.7 Å². The molecule has 1 amide bonds. The molecular formula is C34H37N5O3. The van der Waals surface area contributed by atoms with Crippen molar-refractivity contribution in [2.24, 2.45) is 5.18 Å². The highest BCUT2D eigenvalue weighted by Crippen LogP contribution is 2.29. The van der Waals surface area contributed by atoms with Gasteiger partial charge in [0.05, 0.1) is 29.8 Å². The van der Waals surface area contributed by atoms with Crippen LogP contribution in [0.15, 0.2) is 66.0 Å². The SMILES string of the molecule is CCCc1c(C(=O)N=O)cnn1-c1cccc(-c2cccc(C)c2CCc2ccc3c(c2)CCN([C@@H]2CCOC2)C3)n1. The van der Waals surface area contributed by atoms with Gasteiger partial charge in [0.15, 0.2) is 5.82 Å². The second kappa shape index (κ2) is 12.5. The Morgan fingerprint density at radius 3 is 2.76 bits per heavy atom.